The Balaban J connectivity index is 1.40. The van der Waals surface area contributed by atoms with E-state index in [1.54, 1.807) is 24.3 Å². The van der Waals surface area contributed by atoms with E-state index in [9.17, 15) is 14.4 Å². The molecule has 2 heterocycles. The summed E-state index contributed by atoms with van der Waals surface area (Å²) in [5.74, 6) is -0.553. The van der Waals surface area contributed by atoms with Crippen molar-refractivity contribution < 1.29 is 14.4 Å². The molecule has 3 amide bonds. The number of nitrogens with zero attached hydrogens (tertiary/aromatic N) is 2. The summed E-state index contributed by atoms with van der Waals surface area (Å²) in [5.41, 5.74) is 3.28. The molecule has 1 aliphatic carbocycles. The maximum absolute atomic E-state index is 13.2. The van der Waals surface area contributed by atoms with E-state index in [4.69, 9.17) is 0 Å². The number of hydrogen-bond acceptors (Lipinski definition) is 3. The summed E-state index contributed by atoms with van der Waals surface area (Å²) in [5, 5.41) is 0. The first kappa shape index (κ1) is 18.1. The van der Waals surface area contributed by atoms with E-state index < -0.39 is 0 Å². The number of rotatable bonds is 2. The first-order valence-corrected chi connectivity index (χ1v) is 10.5. The molecule has 2 aromatic carbocycles. The van der Waals surface area contributed by atoms with E-state index in [0.717, 1.165) is 37.8 Å². The maximum Gasteiger partial charge on any atom is 0.258 e. The summed E-state index contributed by atoms with van der Waals surface area (Å²) in [6, 6.07) is 15.0. The zero-order valence-electron chi connectivity index (χ0n) is 16.5. The number of anilines is 2. The van der Waals surface area contributed by atoms with Crippen LogP contribution in [0.15, 0.2) is 48.5 Å². The van der Waals surface area contributed by atoms with E-state index in [1.165, 1.54) is 10.5 Å². The highest BCUT2D eigenvalue weighted by Crippen LogP contribution is 2.40. The van der Waals surface area contributed by atoms with Gasteiger partial charge in [-0.05, 0) is 62.1 Å². The van der Waals surface area contributed by atoms with E-state index in [1.807, 2.05) is 23.1 Å². The van der Waals surface area contributed by atoms with Crippen molar-refractivity contribution in [1.82, 2.24) is 0 Å². The summed E-state index contributed by atoms with van der Waals surface area (Å²) in [6.07, 6.45) is 4.47. The second kappa shape index (κ2) is 6.83. The molecule has 0 N–H and O–H groups in total. The van der Waals surface area contributed by atoms with Crippen molar-refractivity contribution in [3.05, 3.63) is 59.7 Å². The van der Waals surface area contributed by atoms with Crippen LogP contribution in [0.25, 0.3) is 0 Å². The van der Waals surface area contributed by atoms with Crippen molar-refractivity contribution >= 4 is 29.1 Å². The quantitative estimate of drug-likeness (QED) is 0.732. The van der Waals surface area contributed by atoms with Crippen LogP contribution < -0.4 is 9.80 Å². The minimum Gasteiger partial charge on any atom is -0.305 e. The molecule has 3 atom stereocenters. The Morgan fingerprint density at radius 3 is 2.17 bits per heavy atom. The molecule has 0 bridgehead atoms. The number of carbonyl (C=O) groups is 3. The van der Waals surface area contributed by atoms with E-state index in [2.05, 4.69) is 13.0 Å². The normalized spacial score (nSPS) is 25.9. The molecule has 0 radical (unpaired) electrons. The average molecular weight is 388 g/mol. The second-order valence-electron chi connectivity index (χ2n) is 8.41. The van der Waals surface area contributed by atoms with Crippen LogP contribution in [-0.4, -0.2) is 23.8 Å². The molecule has 0 unspecified atom stereocenters. The predicted molar refractivity (Wildman–Crippen MR) is 111 cm³/mol. The van der Waals surface area contributed by atoms with Crippen LogP contribution in [0.4, 0.5) is 11.4 Å². The van der Waals surface area contributed by atoms with E-state index in [-0.39, 0.29) is 35.6 Å². The molecule has 2 aromatic rings. The Bertz CT molecular complexity index is 973. The molecule has 0 aromatic heterocycles. The third-order valence-corrected chi connectivity index (χ3v) is 6.64. The number of para-hydroxylation sites is 1. The van der Waals surface area contributed by atoms with Crippen LogP contribution in [0.2, 0.25) is 0 Å². The van der Waals surface area contributed by atoms with Gasteiger partial charge in [-0.15, -0.1) is 0 Å². The third kappa shape index (κ3) is 2.79. The van der Waals surface area contributed by atoms with Gasteiger partial charge >= 0.3 is 0 Å². The Hall–Kier alpha value is -2.95. The molecule has 5 rings (SSSR count). The van der Waals surface area contributed by atoms with Crippen LogP contribution in [0, 0.1) is 11.8 Å². The van der Waals surface area contributed by atoms with Gasteiger partial charge in [-0.2, -0.15) is 0 Å². The molecule has 1 saturated heterocycles. The topological polar surface area (TPSA) is 57.7 Å². The van der Waals surface area contributed by atoms with Crippen molar-refractivity contribution in [2.24, 2.45) is 11.8 Å². The number of benzene rings is 2. The molecular weight excluding hydrogens is 364 g/mol. The molecule has 5 heteroatoms. The maximum atomic E-state index is 13.2. The van der Waals surface area contributed by atoms with Gasteiger partial charge in [0.15, 0.2) is 0 Å². The van der Waals surface area contributed by atoms with Gasteiger partial charge in [0.25, 0.3) is 5.91 Å². The predicted octanol–water partition coefficient (Wildman–Crippen LogP) is 3.96. The van der Waals surface area contributed by atoms with Gasteiger partial charge in [0.2, 0.25) is 11.8 Å². The summed E-state index contributed by atoms with van der Waals surface area (Å²) in [4.78, 5) is 41.9. The third-order valence-electron chi connectivity index (χ3n) is 6.64. The highest BCUT2D eigenvalue weighted by molar-refractivity contribution is 6.22. The van der Waals surface area contributed by atoms with Crippen molar-refractivity contribution in [1.29, 1.82) is 0 Å². The minimum absolute atomic E-state index is 0.0539. The standard InChI is InChI=1S/C24H24N2O3/c1-15-14-17-6-2-5-9-21(17)25(15)22(27)16-10-12-18(13-11-16)26-23(28)19-7-3-4-8-20(19)24(26)29/h2,5-6,9-13,15,19-20H,3-4,7-8,14H2,1H3/t15-,19-,20-/m0/s1. The van der Waals surface area contributed by atoms with Crippen molar-refractivity contribution in [3.63, 3.8) is 0 Å². The molecular formula is C24H24N2O3. The number of carbonyl (C=O) groups excluding carboxylic acids is 3. The summed E-state index contributed by atoms with van der Waals surface area (Å²) < 4.78 is 0. The summed E-state index contributed by atoms with van der Waals surface area (Å²) in [6.45, 7) is 2.05. The number of hydrogen-bond donors (Lipinski definition) is 0. The van der Waals surface area contributed by atoms with Crippen molar-refractivity contribution in [2.75, 3.05) is 9.80 Å². The van der Waals surface area contributed by atoms with E-state index in [0.29, 0.717) is 11.3 Å². The SMILES string of the molecule is C[C@H]1Cc2ccccc2N1C(=O)c1ccc(N2C(=O)[C@H]3CCCC[C@@H]3C2=O)cc1. The summed E-state index contributed by atoms with van der Waals surface area (Å²) >= 11 is 0. The molecule has 1 saturated carbocycles. The zero-order chi connectivity index (χ0) is 20.1. The monoisotopic (exact) mass is 388 g/mol. The highest BCUT2D eigenvalue weighted by Gasteiger charge is 2.48. The Morgan fingerprint density at radius 1 is 0.897 bits per heavy atom. The van der Waals surface area contributed by atoms with Crippen molar-refractivity contribution in [3.8, 4) is 0 Å². The van der Waals surface area contributed by atoms with Crippen LogP contribution in [-0.2, 0) is 16.0 Å². The lowest BCUT2D eigenvalue weighted by Gasteiger charge is -2.23. The molecule has 2 aliphatic heterocycles. The molecule has 3 aliphatic rings. The van der Waals surface area contributed by atoms with Crippen molar-refractivity contribution in [2.45, 2.75) is 45.1 Å². The largest absolute Gasteiger partial charge is 0.305 e. The van der Waals surface area contributed by atoms with Crippen LogP contribution in [0.1, 0.15) is 48.5 Å². The fraction of sp³-hybridized carbons (Fsp3) is 0.375. The number of amides is 3. The second-order valence-corrected chi connectivity index (χ2v) is 8.41. The summed E-state index contributed by atoms with van der Waals surface area (Å²) in [7, 11) is 0. The van der Waals surface area contributed by atoms with Gasteiger partial charge < -0.3 is 4.90 Å². The molecule has 0 spiro atoms. The average Bonchev–Trinajstić information content (AvgIpc) is 3.21. The van der Waals surface area contributed by atoms with Crippen LogP contribution in [0.5, 0.6) is 0 Å². The molecule has 148 valence electrons. The molecule has 29 heavy (non-hydrogen) atoms. The number of fused-ring (bicyclic) bond motifs is 2. The first-order chi connectivity index (χ1) is 14.1. The van der Waals surface area contributed by atoms with E-state index >= 15 is 0 Å². The first-order valence-electron chi connectivity index (χ1n) is 10.5. The van der Waals surface area contributed by atoms with Gasteiger partial charge in [-0.1, -0.05) is 31.0 Å². The highest BCUT2D eigenvalue weighted by atomic mass is 16.2. The number of imide groups is 1. The van der Waals surface area contributed by atoms with Gasteiger partial charge in [0, 0.05) is 17.3 Å². The van der Waals surface area contributed by atoms with Gasteiger partial charge in [0.05, 0.1) is 17.5 Å². The van der Waals surface area contributed by atoms with Gasteiger partial charge in [-0.3, -0.25) is 19.3 Å². The zero-order valence-corrected chi connectivity index (χ0v) is 16.5. The lowest BCUT2D eigenvalue weighted by molar-refractivity contribution is -0.122. The Morgan fingerprint density at radius 2 is 1.52 bits per heavy atom. The molecule has 2 fully saturated rings. The fourth-order valence-electron chi connectivity index (χ4n) is 5.18. The van der Waals surface area contributed by atoms with Crippen LogP contribution in [0.3, 0.4) is 0 Å². The van der Waals surface area contributed by atoms with Gasteiger partial charge in [-0.25, -0.2) is 0 Å². The minimum atomic E-state index is -0.167. The van der Waals surface area contributed by atoms with Gasteiger partial charge in [0.1, 0.15) is 0 Å². The fourth-order valence-corrected chi connectivity index (χ4v) is 5.18. The Kier molecular flexibility index (Phi) is 4.26. The Labute approximate surface area is 170 Å². The van der Waals surface area contributed by atoms with Crippen LogP contribution >= 0.6 is 0 Å². The smallest absolute Gasteiger partial charge is 0.258 e. The lowest BCUT2D eigenvalue weighted by Crippen LogP contribution is -2.35. The lowest BCUT2D eigenvalue weighted by atomic mass is 9.81. The molecule has 5 nitrogen and oxygen atoms in total.